The molecule has 0 unspecified atom stereocenters. The Hall–Kier alpha value is -2.18. The summed E-state index contributed by atoms with van der Waals surface area (Å²) in [4.78, 5) is 9.68. The van der Waals surface area contributed by atoms with E-state index in [1.54, 1.807) is 24.3 Å². The smallest absolute Gasteiger partial charge is 0.310 e. The van der Waals surface area contributed by atoms with Gasteiger partial charge < -0.3 is 17.2 Å². The fraction of sp³-hybridized carbons (Fsp3) is 0. The summed E-state index contributed by atoms with van der Waals surface area (Å²) >= 11 is 11.1. The second kappa shape index (κ2) is 6.83. The standard InChI is InChI=1S/C6H5ClN2O2.C6H7ClN2/c7-4-2-1-3-5(8)6(4)9(10)11;7-4-2-1-3-5(8)6(4)9/h1-3H,8H2;1-3H,8-9H2. The van der Waals surface area contributed by atoms with E-state index in [0.29, 0.717) is 16.4 Å². The molecule has 2 aromatic carbocycles. The van der Waals surface area contributed by atoms with Gasteiger partial charge in [-0.15, -0.1) is 0 Å². The van der Waals surface area contributed by atoms with Crippen LogP contribution in [0.1, 0.15) is 0 Å². The minimum Gasteiger partial charge on any atom is -0.397 e. The highest BCUT2D eigenvalue weighted by molar-refractivity contribution is 6.33. The molecule has 0 radical (unpaired) electrons. The largest absolute Gasteiger partial charge is 0.397 e. The van der Waals surface area contributed by atoms with Gasteiger partial charge in [0.05, 0.1) is 21.3 Å². The molecule has 0 aliphatic rings. The van der Waals surface area contributed by atoms with Crippen molar-refractivity contribution in [1.82, 2.24) is 0 Å². The van der Waals surface area contributed by atoms with Crippen molar-refractivity contribution in [3.8, 4) is 0 Å². The molecule has 0 heterocycles. The molecule has 0 aliphatic heterocycles. The lowest BCUT2D eigenvalue weighted by Crippen LogP contribution is -1.95. The average molecular weight is 315 g/mol. The van der Waals surface area contributed by atoms with Crippen molar-refractivity contribution >= 4 is 46.0 Å². The lowest BCUT2D eigenvalue weighted by molar-refractivity contribution is -0.383. The number of rotatable bonds is 1. The summed E-state index contributed by atoms with van der Waals surface area (Å²) in [7, 11) is 0. The van der Waals surface area contributed by atoms with Gasteiger partial charge in [-0.2, -0.15) is 0 Å². The monoisotopic (exact) mass is 314 g/mol. The Morgan fingerprint density at radius 1 is 0.900 bits per heavy atom. The first-order chi connectivity index (χ1) is 9.34. The van der Waals surface area contributed by atoms with Gasteiger partial charge >= 0.3 is 5.69 Å². The molecule has 106 valence electrons. The summed E-state index contributed by atoms with van der Waals surface area (Å²) in [6.45, 7) is 0. The van der Waals surface area contributed by atoms with E-state index in [1.165, 1.54) is 12.1 Å². The molecule has 6 N–H and O–H groups in total. The minimum atomic E-state index is -0.600. The van der Waals surface area contributed by atoms with Crippen molar-refractivity contribution in [3.05, 3.63) is 56.6 Å². The Bertz CT molecular complexity index is 594. The average Bonchev–Trinajstić information content (AvgIpc) is 2.36. The lowest BCUT2D eigenvalue weighted by atomic mass is 10.3. The van der Waals surface area contributed by atoms with Crippen LogP contribution >= 0.6 is 23.2 Å². The maximum absolute atomic E-state index is 10.3. The summed E-state index contributed by atoms with van der Waals surface area (Å²) in [6.07, 6.45) is 0. The maximum Gasteiger partial charge on any atom is 0.310 e. The van der Waals surface area contributed by atoms with Crippen LogP contribution < -0.4 is 17.2 Å². The quantitative estimate of drug-likeness (QED) is 0.423. The van der Waals surface area contributed by atoms with Crippen LogP contribution in [0.5, 0.6) is 0 Å². The fourth-order valence-electron chi connectivity index (χ4n) is 1.28. The number of nitrogens with zero attached hydrogens (tertiary/aromatic N) is 1. The molecular formula is C12H12Cl2N4O2. The fourth-order valence-corrected chi connectivity index (χ4v) is 1.71. The molecule has 0 fully saturated rings. The zero-order valence-electron chi connectivity index (χ0n) is 10.2. The molecule has 0 bridgehead atoms. The molecule has 0 amide bonds. The van der Waals surface area contributed by atoms with Gasteiger partial charge in [0.15, 0.2) is 0 Å². The van der Waals surface area contributed by atoms with Crippen LogP contribution in [-0.4, -0.2) is 4.92 Å². The van der Waals surface area contributed by atoms with Gasteiger partial charge in [0.25, 0.3) is 0 Å². The van der Waals surface area contributed by atoms with Crippen molar-refractivity contribution in [1.29, 1.82) is 0 Å². The van der Waals surface area contributed by atoms with E-state index >= 15 is 0 Å². The van der Waals surface area contributed by atoms with Gasteiger partial charge in [-0.3, -0.25) is 10.1 Å². The molecule has 2 rings (SSSR count). The van der Waals surface area contributed by atoms with E-state index < -0.39 is 4.92 Å². The van der Waals surface area contributed by atoms with Gasteiger partial charge in [-0.05, 0) is 24.3 Å². The van der Waals surface area contributed by atoms with Crippen LogP contribution in [0, 0.1) is 10.1 Å². The third-order valence-electron chi connectivity index (χ3n) is 2.29. The van der Waals surface area contributed by atoms with E-state index in [2.05, 4.69) is 0 Å². The molecule has 0 saturated carbocycles. The van der Waals surface area contributed by atoms with Crippen molar-refractivity contribution in [2.24, 2.45) is 0 Å². The number of hydrogen-bond acceptors (Lipinski definition) is 5. The first-order valence-corrected chi connectivity index (χ1v) is 6.08. The second-order valence-corrected chi connectivity index (χ2v) is 4.49. The number of nitrogen functional groups attached to an aromatic ring is 3. The van der Waals surface area contributed by atoms with Crippen LogP contribution in [0.2, 0.25) is 10.0 Å². The van der Waals surface area contributed by atoms with Gasteiger partial charge in [0.2, 0.25) is 0 Å². The van der Waals surface area contributed by atoms with Crippen molar-refractivity contribution < 1.29 is 4.92 Å². The van der Waals surface area contributed by atoms with Crippen LogP contribution in [0.25, 0.3) is 0 Å². The van der Waals surface area contributed by atoms with Gasteiger partial charge in [-0.1, -0.05) is 35.3 Å². The molecule has 20 heavy (non-hydrogen) atoms. The molecule has 0 saturated heterocycles. The summed E-state index contributed by atoms with van der Waals surface area (Å²) in [5.74, 6) is 0. The molecule has 6 nitrogen and oxygen atoms in total. The van der Waals surface area contributed by atoms with Gasteiger partial charge in [0.1, 0.15) is 10.7 Å². The van der Waals surface area contributed by atoms with Gasteiger partial charge in [0, 0.05) is 0 Å². The van der Waals surface area contributed by atoms with Crippen LogP contribution in [0.3, 0.4) is 0 Å². The molecule has 8 heteroatoms. The van der Waals surface area contributed by atoms with E-state index in [1.807, 2.05) is 0 Å². The van der Waals surface area contributed by atoms with E-state index in [4.69, 9.17) is 40.4 Å². The third-order valence-corrected chi connectivity index (χ3v) is 2.92. The molecule has 0 aromatic heterocycles. The Kier molecular flexibility index (Phi) is 5.42. The van der Waals surface area contributed by atoms with Crippen LogP contribution in [0.15, 0.2) is 36.4 Å². The van der Waals surface area contributed by atoms with Gasteiger partial charge in [-0.25, -0.2) is 0 Å². The lowest BCUT2D eigenvalue weighted by Gasteiger charge is -1.98. The highest BCUT2D eigenvalue weighted by atomic mass is 35.5. The van der Waals surface area contributed by atoms with Crippen molar-refractivity contribution in [3.63, 3.8) is 0 Å². The topological polar surface area (TPSA) is 121 Å². The molecule has 0 atom stereocenters. The summed E-state index contributed by atoms with van der Waals surface area (Å²) in [6, 6.07) is 9.59. The zero-order valence-corrected chi connectivity index (χ0v) is 11.7. The Morgan fingerprint density at radius 2 is 1.40 bits per heavy atom. The Labute approximate surface area is 125 Å². The maximum atomic E-state index is 10.3. The highest BCUT2D eigenvalue weighted by Gasteiger charge is 2.14. The SMILES string of the molecule is Nc1cccc(Cl)c1N.Nc1cccc(Cl)c1[N+](=O)[O-]. The summed E-state index contributed by atoms with van der Waals surface area (Å²) in [5.41, 5.74) is 17.0. The first kappa shape index (κ1) is 15.9. The number of hydrogen-bond donors (Lipinski definition) is 3. The Balaban J connectivity index is 0.000000204. The van der Waals surface area contributed by atoms with E-state index in [9.17, 15) is 10.1 Å². The minimum absolute atomic E-state index is 0.0648. The number of nitro benzene ring substituents is 1. The summed E-state index contributed by atoms with van der Waals surface area (Å²) in [5, 5.41) is 10.9. The normalized spacial score (nSPS) is 9.50. The third kappa shape index (κ3) is 3.91. The van der Waals surface area contributed by atoms with Crippen LogP contribution in [-0.2, 0) is 0 Å². The summed E-state index contributed by atoms with van der Waals surface area (Å²) < 4.78 is 0. The number of nitro groups is 1. The Morgan fingerprint density at radius 3 is 1.75 bits per heavy atom. The predicted octanol–water partition coefficient (Wildman–Crippen LogP) is 3.33. The number of halogens is 2. The van der Waals surface area contributed by atoms with Crippen LogP contribution in [0.4, 0.5) is 22.7 Å². The van der Waals surface area contributed by atoms with E-state index in [-0.39, 0.29) is 16.4 Å². The molecular weight excluding hydrogens is 303 g/mol. The van der Waals surface area contributed by atoms with Crippen molar-refractivity contribution in [2.45, 2.75) is 0 Å². The highest BCUT2D eigenvalue weighted by Crippen LogP contribution is 2.29. The molecule has 0 aliphatic carbocycles. The van der Waals surface area contributed by atoms with E-state index in [0.717, 1.165) is 0 Å². The molecule has 2 aromatic rings. The number of anilines is 3. The number of nitrogens with two attached hydrogens (primary N) is 3. The first-order valence-electron chi connectivity index (χ1n) is 5.32. The second-order valence-electron chi connectivity index (χ2n) is 3.68. The van der Waals surface area contributed by atoms with Crippen molar-refractivity contribution in [2.75, 3.05) is 17.2 Å². The molecule has 0 spiro atoms. The number of para-hydroxylation sites is 2. The number of benzene rings is 2. The zero-order chi connectivity index (χ0) is 15.3. The predicted molar refractivity (Wildman–Crippen MR) is 82.8 cm³/mol.